The average Bonchev–Trinajstić information content (AvgIpc) is 3.16. The van der Waals surface area contributed by atoms with Crippen LogP contribution in [0.1, 0.15) is 5.56 Å². The molecule has 0 bridgehead atoms. The summed E-state index contributed by atoms with van der Waals surface area (Å²) in [6.07, 6.45) is 3.47. The highest BCUT2D eigenvalue weighted by Crippen LogP contribution is 2.36. The molecule has 1 heterocycles. The zero-order valence-electron chi connectivity index (χ0n) is 15.7. The molecule has 0 fully saturated rings. The Morgan fingerprint density at radius 1 is 1.11 bits per heavy atom. The predicted octanol–water partition coefficient (Wildman–Crippen LogP) is 3.47. The van der Waals surface area contributed by atoms with E-state index < -0.39 is 10.0 Å². The lowest BCUT2D eigenvalue weighted by atomic mass is 10.3. The van der Waals surface area contributed by atoms with Crippen LogP contribution in [0.5, 0.6) is 11.5 Å². The zero-order valence-corrected chi connectivity index (χ0v) is 18.1. The summed E-state index contributed by atoms with van der Waals surface area (Å²) in [5, 5.41) is 4.31. The second kappa shape index (κ2) is 8.34. The van der Waals surface area contributed by atoms with Crippen molar-refractivity contribution in [3.63, 3.8) is 0 Å². The molecule has 0 atom stereocenters. The van der Waals surface area contributed by atoms with Gasteiger partial charge in [0.15, 0.2) is 11.5 Å². The molecule has 0 radical (unpaired) electrons. The van der Waals surface area contributed by atoms with Gasteiger partial charge < -0.3 is 9.47 Å². The number of benzene rings is 2. The number of aromatic nitrogens is 2. The summed E-state index contributed by atoms with van der Waals surface area (Å²) in [7, 11) is 0.716. The van der Waals surface area contributed by atoms with Crippen molar-refractivity contribution < 1.29 is 17.9 Å². The van der Waals surface area contributed by atoms with Gasteiger partial charge in [0.2, 0.25) is 10.0 Å². The van der Waals surface area contributed by atoms with Crippen LogP contribution in [0, 0.1) is 0 Å². The summed E-state index contributed by atoms with van der Waals surface area (Å²) in [4.78, 5) is 0.100. The molecular weight excluding hydrogens is 446 g/mol. The number of nitrogens with zero attached hydrogens (tertiary/aromatic N) is 3. The van der Waals surface area contributed by atoms with Crippen LogP contribution in [0.15, 0.2) is 64.2 Å². The Hall–Kier alpha value is -2.36. The molecular formula is C19H20BrN3O4S. The van der Waals surface area contributed by atoms with E-state index in [2.05, 4.69) is 21.0 Å². The van der Waals surface area contributed by atoms with Gasteiger partial charge in [0.1, 0.15) is 4.90 Å². The maximum atomic E-state index is 13.1. The van der Waals surface area contributed by atoms with Gasteiger partial charge in [0.05, 0.1) is 26.1 Å². The van der Waals surface area contributed by atoms with Crippen LogP contribution in [0.3, 0.4) is 0 Å². The Balaban J connectivity index is 1.86. The first-order valence-electron chi connectivity index (χ1n) is 8.33. The van der Waals surface area contributed by atoms with Crippen LogP contribution in [0.25, 0.3) is 5.69 Å². The molecule has 0 saturated heterocycles. The first-order chi connectivity index (χ1) is 13.4. The SMILES string of the molecule is COc1cc(Br)c(S(=O)(=O)N(C)Cc2cnn(-c3ccccc3)c2)cc1OC. The molecule has 0 saturated carbocycles. The molecule has 7 nitrogen and oxygen atoms in total. The smallest absolute Gasteiger partial charge is 0.244 e. The van der Waals surface area contributed by atoms with Gasteiger partial charge in [0, 0.05) is 35.9 Å². The van der Waals surface area contributed by atoms with Crippen LogP contribution in [-0.4, -0.2) is 43.8 Å². The van der Waals surface area contributed by atoms with Crippen molar-refractivity contribution in [2.75, 3.05) is 21.3 Å². The van der Waals surface area contributed by atoms with E-state index in [4.69, 9.17) is 9.47 Å². The second-order valence-corrected chi connectivity index (χ2v) is 8.90. The molecule has 0 aliphatic heterocycles. The van der Waals surface area contributed by atoms with E-state index in [9.17, 15) is 8.42 Å². The quantitative estimate of drug-likeness (QED) is 0.533. The monoisotopic (exact) mass is 465 g/mol. The molecule has 0 spiro atoms. The molecule has 0 unspecified atom stereocenters. The van der Waals surface area contributed by atoms with E-state index in [0.29, 0.717) is 16.0 Å². The second-order valence-electron chi connectivity index (χ2n) is 6.03. The Morgan fingerprint density at radius 2 is 1.75 bits per heavy atom. The normalized spacial score (nSPS) is 11.6. The van der Waals surface area contributed by atoms with Crippen molar-refractivity contribution in [1.29, 1.82) is 0 Å². The van der Waals surface area contributed by atoms with Gasteiger partial charge >= 0.3 is 0 Å². The fourth-order valence-corrected chi connectivity index (χ4v) is 4.86. The first-order valence-corrected chi connectivity index (χ1v) is 10.6. The van der Waals surface area contributed by atoms with Crippen molar-refractivity contribution in [2.45, 2.75) is 11.4 Å². The summed E-state index contributed by atoms with van der Waals surface area (Å²) >= 11 is 3.32. The van der Waals surface area contributed by atoms with Gasteiger partial charge in [0.25, 0.3) is 0 Å². The van der Waals surface area contributed by atoms with Crippen LogP contribution in [-0.2, 0) is 16.6 Å². The lowest BCUT2D eigenvalue weighted by molar-refractivity contribution is 0.353. The Kier molecular flexibility index (Phi) is 6.07. The van der Waals surface area contributed by atoms with Crippen molar-refractivity contribution in [1.82, 2.24) is 14.1 Å². The highest BCUT2D eigenvalue weighted by molar-refractivity contribution is 9.10. The summed E-state index contributed by atoms with van der Waals surface area (Å²) in [5.74, 6) is 0.787. The number of ether oxygens (including phenoxy) is 2. The Labute approximate surface area is 172 Å². The highest BCUT2D eigenvalue weighted by Gasteiger charge is 2.26. The first kappa shape index (κ1) is 20.4. The van der Waals surface area contributed by atoms with E-state index in [0.717, 1.165) is 11.3 Å². The maximum Gasteiger partial charge on any atom is 0.244 e. The molecule has 3 aromatic rings. The molecule has 0 N–H and O–H groups in total. The number of rotatable bonds is 7. The molecule has 0 aliphatic rings. The summed E-state index contributed by atoms with van der Waals surface area (Å²) in [6.45, 7) is 0.177. The third-order valence-electron chi connectivity index (χ3n) is 4.19. The fraction of sp³-hybridized carbons (Fsp3) is 0.211. The molecule has 28 heavy (non-hydrogen) atoms. The van der Waals surface area contributed by atoms with Gasteiger partial charge in [-0.15, -0.1) is 0 Å². The van der Waals surface area contributed by atoms with Gasteiger partial charge in [-0.2, -0.15) is 9.40 Å². The fourth-order valence-electron chi connectivity index (χ4n) is 2.71. The third kappa shape index (κ3) is 4.06. The minimum absolute atomic E-state index is 0.100. The van der Waals surface area contributed by atoms with Crippen LogP contribution in [0.4, 0.5) is 0 Å². The van der Waals surface area contributed by atoms with Crippen LogP contribution < -0.4 is 9.47 Å². The molecule has 0 aliphatic carbocycles. The Morgan fingerprint density at radius 3 is 2.39 bits per heavy atom. The topological polar surface area (TPSA) is 73.7 Å². The van der Waals surface area contributed by atoms with E-state index in [1.54, 1.807) is 16.9 Å². The molecule has 3 rings (SSSR count). The van der Waals surface area contributed by atoms with Gasteiger partial charge in [-0.05, 0) is 34.1 Å². The molecule has 9 heteroatoms. The van der Waals surface area contributed by atoms with E-state index in [1.165, 1.54) is 31.6 Å². The molecule has 148 valence electrons. The lowest BCUT2D eigenvalue weighted by Crippen LogP contribution is -2.26. The highest BCUT2D eigenvalue weighted by atomic mass is 79.9. The number of halogens is 1. The van der Waals surface area contributed by atoms with Gasteiger partial charge in [-0.3, -0.25) is 0 Å². The zero-order chi connectivity index (χ0) is 20.3. The minimum Gasteiger partial charge on any atom is -0.493 e. The number of para-hydroxylation sites is 1. The maximum absolute atomic E-state index is 13.1. The number of sulfonamides is 1. The third-order valence-corrected chi connectivity index (χ3v) is 6.95. The predicted molar refractivity (Wildman–Crippen MR) is 109 cm³/mol. The van der Waals surface area contributed by atoms with Crippen LogP contribution >= 0.6 is 15.9 Å². The lowest BCUT2D eigenvalue weighted by Gasteiger charge is -2.19. The van der Waals surface area contributed by atoms with Gasteiger partial charge in [-0.25, -0.2) is 13.1 Å². The number of hydrogen-bond donors (Lipinski definition) is 0. The standard InChI is InChI=1S/C19H20BrN3O4S/c1-22(12-14-11-21-23(13-14)15-7-5-4-6-8-15)28(24,25)19-10-18(27-3)17(26-2)9-16(19)20/h4-11,13H,12H2,1-3H3. The number of methoxy groups -OCH3 is 2. The van der Waals surface area contributed by atoms with Crippen molar-refractivity contribution in [3.8, 4) is 17.2 Å². The van der Waals surface area contributed by atoms with E-state index >= 15 is 0 Å². The Bertz CT molecular complexity index is 1070. The van der Waals surface area contributed by atoms with Crippen molar-refractivity contribution >= 4 is 26.0 Å². The largest absolute Gasteiger partial charge is 0.493 e. The number of hydrogen-bond acceptors (Lipinski definition) is 5. The molecule has 1 aromatic heterocycles. The molecule has 0 amide bonds. The van der Waals surface area contributed by atoms with Crippen LogP contribution in [0.2, 0.25) is 0 Å². The van der Waals surface area contributed by atoms with Crippen molar-refractivity contribution in [3.05, 3.63) is 64.9 Å². The summed E-state index contributed by atoms with van der Waals surface area (Å²) < 4.78 is 40.0. The van der Waals surface area contributed by atoms with E-state index in [-0.39, 0.29) is 11.4 Å². The summed E-state index contributed by atoms with van der Waals surface area (Å²) in [5.41, 5.74) is 1.67. The van der Waals surface area contributed by atoms with E-state index in [1.807, 2.05) is 36.5 Å². The molecule has 2 aromatic carbocycles. The summed E-state index contributed by atoms with van der Waals surface area (Å²) in [6, 6.07) is 12.6. The average molecular weight is 466 g/mol. The van der Waals surface area contributed by atoms with Gasteiger partial charge in [-0.1, -0.05) is 18.2 Å². The minimum atomic E-state index is -3.77. The van der Waals surface area contributed by atoms with Crippen molar-refractivity contribution in [2.24, 2.45) is 0 Å².